The molecule has 0 saturated heterocycles. The Morgan fingerprint density at radius 2 is 1.70 bits per heavy atom. The first-order valence-electron chi connectivity index (χ1n) is 5.87. The molecule has 0 saturated carbocycles. The Hall–Kier alpha value is -2.96. The Bertz CT molecular complexity index is 950. The fourth-order valence-electron chi connectivity index (χ4n) is 1.91. The molecule has 0 amide bonds. The average molecular weight is 331 g/mol. The Morgan fingerprint density at radius 3 is 2.22 bits per heavy atom. The van der Waals surface area contributed by atoms with Crippen LogP contribution in [0.5, 0.6) is 0 Å². The summed E-state index contributed by atoms with van der Waals surface area (Å²) in [6.45, 7) is 0. The number of halogens is 5. The highest BCUT2D eigenvalue weighted by molar-refractivity contribution is 5.42. The van der Waals surface area contributed by atoms with Crippen molar-refractivity contribution in [3.05, 3.63) is 61.9 Å². The molecule has 120 valence electrons. The minimum Gasteiger partial charge on any atom is -0.292 e. The Balaban J connectivity index is 2.85. The molecule has 0 N–H and O–H groups in total. The SMILES string of the molecule is Cn1c(C(F)(F)F)cc(=O)n(-c2cc(F)c(C#N)cc2F)c1=O. The predicted octanol–water partition coefficient (Wildman–Crippen LogP) is 1.70. The molecule has 1 aromatic heterocycles. The van der Waals surface area contributed by atoms with Crippen LogP contribution in [-0.2, 0) is 13.2 Å². The second-order valence-electron chi connectivity index (χ2n) is 4.44. The number of nitriles is 1. The number of rotatable bonds is 1. The van der Waals surface area contributed by atoms with Crippen LogP contribution in [0.15, 0.2) is 27.8 Å². The van der Waals surface area contributed by atoms with Gasteiger partial charge in [-0.3, -0.25) is 9.36 Å². The summed E-state index contributed by atoms with van der Waals surface area (Å²) in [6.07, 6.45) is -4.97. The molecule has 5 nitrogen and oxygen atoms in total. The summed E-state index contributed by atoms with van der Waals surface area (Å²) >= 11 is 0. The number of alkyl halides is 3. The minimum atomic E-state index is -4.97. The van der Waals surface area contributed by atoms with E-state index in [1.54, 1.807) is 0 Å². The normalized spacial score (nSPS) is 11.3. The van der Waals surface area contributed by atoms with Crippen molar-refractivity contribution in [2.24, 2.45) is 7.05 Å². The summed E-state index contributed by atoms with van der Waals surface area (Å²) < 4.78 is 65.7. The molecule has 23 heavy (non-hydrogen) atoms. The number of hydrogen-bond acceptors (Lipinski definition) is 3. The third kappa shape index (κ3) is 2.73. The fourth-order valence-corrected chi connectivity index (χ4v) is 1.91. The van der Waals surface area contributed by atoms with Gasteiger partial charge in [0.1, 0.15) is 23.4 Å². The van der Waals surface area contributed by atoms with Crippen molar-refractivity contribution in [1.29, 1.82) is 5.26 Å². The summed E-state index contributed by atoms with van der Waals surface area (Å²) in [5.74, 6) is -2.53. The third-order valence-electron chi connectivity index (χ3n) is 3.01. The van der Waals surface area contributed by atoms with E-state index in [9.17, 15) is 31.5 Å². The zero-order valence-electron chi connectivity index (χ0n) is 11.3. The lowest BCUT2D eigenvalue weighted by atomic mass is 10.2. The van der Waals surface area contributed by atoms with E-state index in [1.807, 2.05) is 0 Å². The van der Waals surface area contributed by atoms with Gasteiger partial charge in [0, 0.05) is 19.2 Å². The second-order valence-corrected chi connectivity index (χ2v) is 4.44. The van der Waals surface area contributed by atoms with Crippen LogP contribution in [-0.4, -0.2) is 9.13 Å². The molecule has 0 aliphatic heterocycles. The molecule has 2 rings (SSSR count). The van der Waals surface area contributed by atoms with Crippen LogP contribution in [0.4, 0.5) is 22.0 Å². The quantitative estimate of drug-likeness (QED) is 0.747. The highest BCUT2D eigenvalue weighted by atomic mass is 19.4. The molecule has 2 aromatic rings. The molecule has 0 aliphatic rings. The maximum absolute atomic E-state index is 13.9. The summed E-state index contributed by atoms with van der Waals surface area (Å²) in [6, 6.07) is 2.28. The minimum absolute atomic E-state index is 0.0504. The molecule has 0 bridgehead atoms. The molecule has 0 atom stereocenters. The first-order chi connectivity index (χ1) is 10.6. The lowest BCUT2D eigenvalue weighted by Gasteiger charge is -2.14. The van der Waals surface area contributed by atoms with E-state index in [-0.39, 0.29) is 15.2 Å². The summed E-state index contributed by atoms with van der Waals surface area (Å²) in [4.78, 5) is 23.7. The second kappa shape index (κ2) is 5.35. The van der Waals surface area contributed by atoms with E-state index in [1.165, 1.54) is 6.07 Å². The standard InChI is InChI=1S/C13H6F5N3O2/c1-20-10(13(16,17)18)4-11(22)21(12(20)23)9-3-7(14)6(5-19)2-8(9)15/h2-4H,1H3. The highest BCUT2D eigenvalue weighted by Crippen LogP contribution is 2.27. The highest BCUT2D eigenvalue weighted by Gasteiger charge is 2.35. The van der Waals surface area contributed by atoms with Gasteiger partial charge in [-0.15, -0.1) is 0 Å². The van der Waals surface area contributed by atoms with E-state index in [2.05, 4.69) is 0 Å². The van der Waals surface area contributed by atoms with Crippen molar-refractivity contribution in [3.63, 3.8) is 0 Å². The van der Waals surface area contributed by atoms with Crippen LogP contribution in [0.25, 0.3) is 5.69 Å². The van der Waals surface area contributed by atoms with Gasteiger partial charge in [0.15, 0.2) is 0 Å². The summed E-state index contributed by atoms with van der Waals surface area (Å²) in [5.41, 5.74) is -6.08. The van der Waals surface area contributed by atoms with E-state index in [0.717, 1.165) is 7.05 Å². The van der Waals surface area contributed by atoms with Crippen molar-refractivity contribution in [2.75, 3.05) is 0 Å². The predicted molar refractivity (Wildman–Crippen MR) is 66.9 cm³/mol. The summed E-state index contributed by atoms with van der Waals surface area (Å²) in [7, 11) is 0.735. The van der Waals surface area contributed by atoms with Crippen molar-refractivity contribution in [1.82, 2.24) is 9.13 Å². The van der Waals surface area contributed by atoms with Crippen molar-refractivity contribution >= 4 is 0 Å². The number of hydrogen-bond donors (Lipinski definition) is 0. The Kier molecular flexibility index (Phi) is 3.82. The lowest BCUT2D eigenvalue weighted by molar-refractivity contribution is -0.144. The summed E-state index contributed by atoms with van der Waals surface area (Å²) in [5, 5.41) is 8.57. The van der Waals surface area contributed by atoms with E-state index in [4.69, 9.17) is 5.26 Å². The number of aromatic nitrogens is 2. The monoisotopic (exact) mass is 331 g/mol. The van der Waals surface area contributed by atoms with E-state index in [0.29, 0.717) is 12.1 Å². The van der Waals surface area contributed by atoms with Gasteiger partial charge in [-0.2, -0.15) is 18.4 Å². The molecule has 0 aliphatic carbocycles. The van der Waals surface area contributed by atoms with Gasteiger partial charge in [-0.05, 0) is 6.07 Å². The van der Waals surface area contributed by atoms with Gasteiger partial charge in [-0.1, -0.05) is 0 Å². The molecule has 0 unspecified atom stereocenters. The largest absolute Gasteiger partial charge is 0.431 e. The van der Waals surface area contributed by atoms with Crippen LogP contribution < -0.4 is 11.2 Å². The lowest BCUT2D eigenvalue weighted by Crippen LogP contribution is -2.41. The number of benzene rings is 1. The first-order valence-corrected chi connectivity index (χ1v) is 5.87. The van der Waals surface area contributed by atoms with Crippen molar-refractivity contribution in [2.45, 2.75) is 6.18 Å². The molecule has 0 spiro atoms. The van der Waals surface area contributed by atoms with Gasteiger partial charge in [-0.25, -0.2) is 18.1 Å². The van der Waals surface area contributed by atoms with Crippen LogP contribution in [0.1, 0.15) is 11.3 Å². The first kappa shape index (κ1) is 16.4. The van der Waals surface area contributed by atoms with Gasteiger partial charge >= 0.3 is 11.9 Å². The van der Waals surface area contributed by atoms with Crippen LogP contribution in [0.2, 0.25) is 0 Å². The van der Waals surface area contributed by atoms with Crippen LogP contribution in [0.3, 0.4) is 0 Å². The molecule has 1 heterocycles. The van der Waals surface area contributed by atoms with Gasteiger partial charge in [0.2, 0.25) is 0 Å². The van der Waals surface area contributed by atoms with Crippen molar-refractivity contribution in [3.8, 4) is 11.8 Å². The fraction of sp³-hybridized carbons (Fsp3) is 0.154. The van der Waals surface area contributed by atoms with Gasteiger partial charge in [0.05, 0.1) is 11.3 Å². The van der Waals surface area contributed by atoms with Gasteiger partial charge in [0.25, 0.3) is 5.56 Å². The zero-order chi connectivity index (χ0) is 17.5. The van der Waals surface area contributed by atoms with Crippen LogP contribution >= 0.6 is 0 Å². The Morgan fingerprint density at radius 1 is 1.09 bits per heavy atom. The Labute approximate surface area is 124 Å². The molecule has 0 fully saturated rings. The molecule has 1 aromatic carbocycles. The molecule has 10 heteroatoms. The van der Waals surface area contributed by atoms with Crippen molar-refractivity contribution < 1.29 is 22.0 Å². The van der Waals surface area contributed by atoms with Gasteiger partial charge < -0.3 is 0 Å². The topological polar surface area (TPSA) is 67.8 Å². The number of nitrogens with zero attached hydrogens (tertiary/aromatic N) is 3. The van der Waals surface area contributed by atoms with E-state index < -0.39 is 46.0 Å². The third-order valence-corrected chi connectivity index (χ3v) is 3.01. The maximum Gasteiger partial charge on any atom is 0.431 e. The van der Waals surface area contributed by atoms with Crippen LogP contribution in [0, 0.1) is 23.0 Å². The average Bonchev–Trinajstić information content (AvgIpc) is 2.45. The molecular weight excluding hydrogens is 325 g/mol. The molecular formula is C13H6F5N3O2. The van der Waals surface area contributed by atoms with E-state index >= 15 is 0 Å². The zero-order valence-corrected chi connectivity index (χ0v) is 11.3. The maximum atomic E-state index is 13.9. The smallest absolute Gasteiger partial charge is 0.292 e. The molecule has 0 radical (unpaired) electrons.